The molecule has 0 radical (unpaired) electrons. The Bertz CT molecular complexity index is 183. The van der Waals surface area contributed by atoms with E-state index in [1.165, 1.54) is 25.7 Å². The fraction of sp³-hybridized carbons (Fsp3) is 0.909. The lowest BCUT2D eigenvalue weighted by molar-refractivity contribution is 0.315. The van der Waals surface area contributed by atoms with Gasteiger partial charge in [-0.3, -0.25) is 0 Å². The van der Waals surface area contributed by atoms with Crippen molar-refractivity contribution < 1.29 is 5.21 Å². The van der Waals surface area contributed by atoms with Gasteiger partial charge in [0.15, 0.2) is 0 Å². The van der Waals surface area contributed by atoms with Crippen LogP contribution in [0, 0.1) is 0 Å². The molecule has 0 aromatic heterocycles. The largest absolute Gasteiger partial charge is 0.409 e. The number of nitrogens with one attached hydrogen (secondary N) is 1. The van der Waals surface area contributed by atoms with Gasteiger partial charge in [0.05, 0.1) is 0 Å². The molecule has 0 saturated heterocycles. The molecule has 0 aromatic rings. The topological polar surface area (TPSA) is 70.6 Å². The molecule has 0 spiro atoms. The van der Waals surface area contributed by atoms with Crippen molar-refractivity contribution in [2.45, 2.75) is 65.0 Å². The van der Waals surface area contributed by atoms with E-state index in [2.05, 4.69) is 24.3 Å². The van der Waals surface area contributed by atoms with Crippen molar-refractivity contribution in [2.75, 3.05) is 0 Å². The summed E-state index contributed by atoms with van der Waals surface area (Å²) in [7, 11) is 0. The zero-order valence-electron chi connectivity index (χ0n) is 10.2. The molecule has 2 unspecified atom stereocenters. The number of rotatable bonds is 8. The lowest BCUT2D eigenvalue weighted by Gasteiger charge is -2.19. The maximum Gasteiger partial charge on any atom is 0.140 e. The highest BCUT2D eigenvalue weighted by atomic mass is 16.4. The van der Waals surface area contributed by atoms with Gasteiger partial charge in [-0.05, 0) is 20.3 Å². The predicted molar refractivity (Wildman–Crippen MR) is 64.2 cm³/mol. The van der Waals surface area contributed by atoms with Gasteiger partial charge in [0.1, 0.15) is 5.84 Å². The second-order valence-corrected chi connectivity index (χ2v) is 4.26. The number of hydrogen-bond acceptors (Lipinski definition) is 3. The van der Waals surface area contributed by atoms with E-state index < -0.39 is 0 Å². The van der Waals surface area contributed by atoms with Crippen LogP contribution >= 0.6 is 0 Å². The van der Waals surface area contributed by atoms with Crippen LogP contribution in [0.3, 0.4) is 0 Å². The van der Waals surface area contributed by atoms with Crippen molar-refractivity contribution in [3.05, 3.63) is 0 Å². The summed E-state index contributed by atoms with van der Waals surface area (Å²) in [6.07, 6.45) is 5.59. The molecule has 4 heteroatoms. The first kappa shape index (κ1) is 14.2. The minimum Gasteiger partial charge on any atom is -0.409 e. The molecule has 0 heterocycles. The quantitative estimate of drug-likeness (QED) is 0.191. The maximum absolute atomic E-state index is 8.43. The van der Waals surface area contributed by atoms with Crippen LogP contribution in [0.25, 0.3) is 0 Å². The molecule has 0 aromatic carbocycles. The molecule has 0 aliphatic heterocycles. The monoisotopic (exact) mass is 215 g/mol. The number of oxime groups is 1. The lowest BCUT2D eigenvalue weighted by atomic mass is 10.1. The molecule has 90 valence electrons. The van der Waals surface area contributed by atoms with Crippen molar-refractivity contribution >= 4 is 5.84 Å². The Morgan fingerprint density at radius 2 is 2.00 bits per heavy atom. The van der Waals surface area contributed by atoms with Crippen LogP contribution < -0.4 is 11.1 Å². The van der Waals surface area contributed by atoms with Crippen molar-refractivity contribution in [1.82, 2.24) is 5.32 Å². The SMILES string of the molecule is CCCCCC(C)NC(C)CC(N)=NO. The summed E-state index contributed by atoms with van der Waals surface area (Å²) < 4.78 is 0. The number of amidine groups is 1. The smallest absolute Gasteiger partial charge is 0.140 e. The Morgan fingerprint density at radius 1 is 1.33 bits per heavy atom. The van der Waals surface area contributed by atoms with Crippen LogP contribution in [0.1, 0.15) is 52.9 Å². The van der Waals surface area contributed by atoms with Crippen LogP contribution in [0.15, 0.2) is 5.16 Å². The van der Waals surface area contributed by atoms with E-state index in [0.29, 0.717) is 12.5 Å². The fourth-order valence-electron chi connectivity index (χ4n) is 1.68. The maximum atomic E-state index is 8.43. The van der Waals surface area contributed by atoms with E-state index in [0.717, 1.165) is 0 Å². The first-order chi connectivity index (χ1) is 7.10. The number of hydrogen-bond donors (Lipinski definition) is 3. The van der Waals surface area contributed by atoms with Crippen molar-refractivity contribution in [1.29, 1.82) is 0 Å². The van der Waals surface area contributed by atoms with E-state index in [1.54, 1.807) is 0 Å². The fourth-order valence-corrected chi connectivity index (χ4v) is 1.68. The molecule has 15 heavy (non-hydrogen) atoms. The molecule has 0 aliphatic carbocycles. The number of unbranched alkanes of at least 4 members (excludes halogenated alkanes) is 2. The Hall–Kier alpha value is -0.770. The Morgan fingerprint density at radius 3 is 2.53 bits per heavy atom. The van der Waals surface area contributed by atoms with E-state index >= 15 is 0 Å². The van der Waals surface area contributed by atoms with Crippen LogP contribution in [0.4, 0.5) is 0 Å². The third kappa shape index (κ3) is 8.24. The van der Waals surface area contributed by atoms with Gasteiger partial charge in [-0.2, -0.15) is 0 Å². The third-order valence-corrected chi connectivity index (χ3v) is 2.45. The summed E-state index contributed by atoms with van der Waals surface area (Å²) in [6.45, 7) is 6.44. The molecular formula is C11H25N3O. The highest BCUT2D eigenvalue weighted by Crippen LogP contribution is 2.04. The van der Waals surface area contributed by atoms with E-state index in [4.69, 9.17) is 10.9 Å². The molecule has 0 fully saturated rings. The van der Waals surface area contributed by atoms with Gasteiger partial charge in [0.2, 0.25) is 0 Å². The second-order valence-electron chi connectivity index (χ2n) is 4.26. The lowest BCUT2D eigenvalue weighted by Crippen LogP contribution is -2.37. The summed E-state index contributed by atoms with van der Waals surface area (Å²) in [5.74, 6) is 0.288. The van der Waals surface area contributed by atoms with Crippen LogP contribution in [0.2, 0.25) is 0 Å². The Kier molecular flexibility index (Phi) is 8.09. The molecular weight excluding hydrogens is 190 g/mol. The highest BCUT2D eigenvalue weighted by molar-refractivity contribution is 5.80. The minimum atomic E-state index is 0.262. The second kappa shape index (κ2) is 8.53. The predicted octanol–water partition coefficient (Wildman–Crippen LogP) is 2.07. The van der Waals surface area contributed by atoms with Gasteiger partial charge < -0.3 is 16.3 Å². The van der Waals surface area contributed by atoms with E-state index in [1.807, 2.05) is 6.92 Å². The first-order valence-electron chi connectivity index (χ1n) is 5.82. The molecule has 0 rings (SSSR count). The first-order valence-corrected chi connectivity index (χ1v) is 5.82. The van der Waals surface area contributed by atoms with Gasteiger partial charge in [0.25, 0.3) is 0 Å². The normalized spacial score (nSPS) is 16.3. The van der Waals surface area contributed by atoms with Crippen LogP contribution in [-0.2, 0) is 0 Å². The molecule has 0 aliphatic rings. The summed E-state index contributed by atoms with van der Waals surface area (Å²) in [5.41, 5.74) is 5.43. The van der Waals surface area contributed by atoms with E-state index in [-0.39, 0.29) is 11.9 Å². The summed E-state index contributed by atoms with van der Waals surface area (Å²) in [4.78, 5) is 0. The molecule has 0 saturated carbocycles. The van der Waals surface area contributed by atoms with Crippen molar-refractivity contribution in [3.63, 3.8) is 0 Å². The third-order valence-electron chi connectivity index (χ3n) is 2.45. The molecule has 0 bridgehead atoms. The number of nitrogens with two attached hydrogens (primary N) is 1. The summed E-state index contributed by atoms with van der Waals surface area (Å²) in [6, 6.07) is 0.760. The summed E-state index contributed by atoms with van der Waals surface area (Å²) >= 11 is 0. The van der Waals surface area contributed by atoms with E-state index in [9.17, 15) is 0 Å². The standard InChI is InChI=1S/C11H25N3O/c1-4-5-6-7-9(2)13-10(3)8-11(12)14-15/h9-10,13,15H,4-8H2,1-3H3,(H2,12,14). The molecule has 4 nitrogen and oxygen atoms in total. The van der Waals surface area contributed by atoms with Gasteiger partial charge >= 0.3 is 0 Å². The summed E-state index contributed by atoms with van der Waals surface area (Å²) in [5, 5.41) is 14.8. The average molecular weight is 215 g/mol. The van der Waals surface area contributed by atoms with Gasteiger partial charge in [0, 0.05) is 18.5 Å². The zero-order chi connectivity index (χ0) is 11.7. The van der Waals surface area contributed by atoms with Gasteiger partial charge in [-0.1, -0.05) is 31.3 Å². The van der Waals surface area contributed by atoms with Crippen LogP contribution in [0.5, 0.6) is 0 Å². The molecule has 4 N–H and O–H groups in total. The minimum absolute atomic E-state index is 0.262. The van der Waals surface area contributed by atoms with Gasteiger partial charge in [-0.15, -0.1) is 0 Å². The Labute approximate surface area is 92.9 Å². The van der Waals surface area contributed by atoms with Crippen LogP contribution in [-0.4, -0.2) is 23.1 Å². The number of nitrogens with zero attached hydrogens (tertiary/aromatic N) is 1. The van der Waals surface area contributed by atoms with Crippen molar-refractivity contribution in [3.8, 4) is 0 Å². The average Bonchev–Trinajstić information content (AvgIpc) is 2.17. The van der Waals surface area contributed by atoms with Crippen molar-refractivity contribution in [2.24, 2.45) is 10.9 Å². The molecule has 0 amide bonds. The van der Waals surface area contributed by atoms with Gasteiger partial charge in [-0.25, -0.2) is 0 Å². The zero-order valence-corrected chi connectivity index (χ0v) is 10.2. The molecule has 2 atom stereocenters. The Balaban J connectivity index is 3.61. The highest BCUT2D eigenvalue weighted by Gasteiger charge is 2.08.